The van der Waals surface area contributed by atoms with E-state index < -0.39 is 29.7 Å². The van der Waals surface area contributed by atoms with Crippen molar-refractivity contribution in [2.75, 3.05) is 18.4 Å². The number of nitrogens with zero attached hydrogens (tertiary/aromatic N) is 3. The van der Waals surface area contributed by atoms with Crippen molar-refractivity contribution in [2.45, 2.75) is 44.3 Å². The Kier molecular flexibility index (Phi) is 7.06. The lowest BCUT2D eigenvalue weighted by molar-refractivity contribution is -0.136. The predicted octanol–water partition coefficient (Wildman–Crippen LogP) is 2.01. The number of fused-ring (bicyclic) bond motifs is 1. The molecule has 1 unspecified atom stereocenters. The van der Waals surface area contributed by atoms with Crippen LogP contribution in [0, 0.1) is 0 Å². The molecule has 0 spiro atoms. The standard InChI is InChI=1S/C22H23BrN6O4.ClH/c23-19-12(11-26-29(19)13-6-8-24-9-7-13)10-25-15-3-1-2-14-18(15)22(33)28(21(14)32)16-4-5-17(30)27-20(16)31;/h1-3,11,13,16,24-25H,4-10H2,(H,27,30,31);1H. The lowest BCUT2D eigenvalue weighted by Gasteiger charge is -2.27. The number of hydrogen-bond donors (Lipinski definition) is 3. The average Bonchev–Trinajstić information content (AvgIpc) is 3.30. The zero-order chi connectivity index (χ0) is 23.1. The summed E-state index contributed by atoms with van der Waals surface area (Å²) in [6.45, 7) is 2.32. The molecule has 34 heavy (non-hydrogen) atoms. The highest BCUT2D eigenvalue weighted by molar-refractivity contribution is 9.10. The topological polar surface area (TPSA) is 125 Å². The molecule has 10 nitrogen and oxygen atoms in total. The third kappa shape index (κ3) is 4.23. The minimum absolute atomic E-state index is 0. The maximum absolute atomic E-state index is 13.2. The number of halogens is 2. The molecule has 5 rings (SSSR count). The first-order chi connectivity index (χ1) is 16.0. The molecule has 2 saturated heterocycles. The summed E-state index contributed by atoms with van der Waals surface area (Å²) < 4.78 is 2.88. The molecule has 0 aliphatic carbocycles. The molecule has 3 N–H and O–H groups in total. The molecule has 2 aromatic rings. The molecule has 0 bridgehead atoms. The highest BCUT2D eigenvalue weighted by Crippen LogP contribution is 2.33. The van der Waals surface area contributed by atoms with Gasteiger partial charge in [-0.1, -0.05) is 6.07 Å². The zero-order valence-electron chi connectivity index (χ0n) is 18.2. The van der Waals surface area contributed by atoms with E-state index in [2.05, 4.69) is 37.0 Å². The SMILES string of the molecule is Cl.O=C1CCC(N2C(=O)c3cccc(NCc4cnn(C5CCNCC5)c4Br)c3C2=O)C(=O)N1. The van der Waals surface area contributed by atoms with E-state index in [1.165, 1.54) is 0 Å². The molecule has 4 heterocycles. The second kappa shape index (κ2) is 9.85. The summed E-state index contributed by atoms with van der Waals surface area (Å²) in [5, 5.41) is 13.4. The van der Waals surface area contributed by atoms with Gasteiger partial charge >= 0.3 is 0 Å². The van der Waals surface area contributed by atoms with E-state index in [0.717, 1.165) is 41.0 Å². The number of imide groups is 2. The number of anilines is 1. The van der Waals surface area contributed by atoms with Gasteiger partial charge in [0, 0.05) is 24.2 Å². The van der Waals surface area contributed by atoms with Gasteiger partial charge in [0.15, 0.2) is 0 Å². The van der Waals surface area contributed by atoms with E-state index in [1.807, 2.05) is 4.68 Å². The Hall–Kier alpha value is -2.76. The quantitative estimate of drug-likeness (QED) is 0.486. The van der Waals surface area contributed by atoms with E-state index in [9.17, 15) is 19.2 Å². The maximum atomic E-state index is 13.2. The van der Waals surface area contributed by atoms with E-state index in [1.54, 1.807) is 24.4 Å². The van der Waals surface area contributed by atoms with Crippen molar-refractivity contribution < 1.29 is 19.2 Å². The highest BCUT2D eigenvalue weighted by Gasteiger charge is 2.45. The number of carbonyl (C=O) groups is 4. The minimum atomic E-state index is -0.986. The number of carbonyl (C=O) groups excluding carboxylic acids is 4. The Morgan fingerprint density at radius 3 is 2.59 bits per heavy atom. The first-order valence-electron chi connectivity index (χ1n) is 11.0. The summed E-state index contributed by atoms with van der Waals surface area (Å²) in [6, 6.07) is 4.37. The Morgan fingerprint density at radius 1 is 1.09 bits per heavy atom. The Balaban J connectivity index is 0.00000274. The number of piperidine rings is 2. The van der Waals surface area contributed by atoms with Crippen LogP contribution in [0.5, 0.6) is 0 Å². The fraction of sp³-hybridized carbons (Fsp3) is 0.409. The van der Waals surface area contributed by atoms with Crippen molar-refractivity contribution in [3.05, 3.63) is 45.7 Å². The van der Waals surface area contributed by atoms with Crippen molar-refractivity contribution in [3.63, 3.8) is 0 Å². The van der Waals surface area contributed by atoms with E-state index in [4.69, 9.17) is 0 Å². The number of amides is 4. The molecule has 12 heteroatoms. The van der Waals surface area contributed by atoms with Gasteiger partial charge in [0.1, 0.15) is 10.6 Å². The van der Waals surface area contributed by atoms with Gasteiger partial charge in [-0.2, -0.15) is 5.10 Å². The largest absolute Gasteiger partial charge is 0.380 e. The number of rotatable bonds is 5. The van der Waals surface area contributed by atoms with Gasteiger partial charge in [-0.15, -0.1) is 12.4 Å². The van der Waals surface area contributed by atoms with Gasteiger partial charge in [-0.05, 0) is 60.4 Å². The summed E-state index contributed by atoms with van der Waals surface area (Å²) >= 11 is 3.66. The van der Waals surface area contributed by atoms with Crippen molar-refractivity contribution in [2.24, 2.45) is 0 Å². The lowest BCUT2D eigenvalue weighted by Crippen LogP contribution is -2.54. The van der Waals surface area contributed by atoms with Crippen LogP contribution in [0.1, 0.15) is 58.0 Å². The van der Waals surface area contributed by atoms with Crippen LogP contribution in [0.2, 0.25) is 0 Å². The summed E-state index contributed by atoms with van der Waals surface area (Å²) in [5.41, 5.74) is 1.94. The minimum Gasteiger partial charge on any atom is -0.380 e. The Labute approximate surface area is 210 Å². The van der Waals surface area contributed by atoms with Crippen LogP contribution in [0.3, 0.4) is 0 Å². The summed E-state index contributed by atoms with van der Waals surface area (Å²) in [5.74, 6) is -2.07. The average molecular weight is 552 g/mol. The number of benzene rings is 1. The molecule has 0 radical (unpaired) electrons. The van der Waals surface area contributed by atoms with E-state index in [-0.39, 0.29) is 36.4 Å². The molecular weight excluding hydrogens is 528 g/mol. The molecule has 4 amide bonds. The van der Waals surface area contributed by atoms with Crippen molar-refractivity contribution in [1.82, 2.24) is 25.3 Å². The second-order valence-corrected chi connectivity index (χ2v) is 9.17. The molecule has 1 atom stereocenters. The van der Waals surface area contributed by atoms with Crippen molar-refractivity contribution in [3.8, 4) is 0 Å². The van der Waals surface area contributed by atoms with Crippen LogP contribution in [0.4, 0.5) is 5.69 Å². The first kappa shape index (κ1) is 24.4. The molecular formula is C22H24BrClN6O4. The van der Waals surface area contributed by atoms with Crippen LogP contribution in [0.25, 0.3) is 0 Å². The monoisotopic (exact) mass is 550 g/mol. The normalized spacial score (nSPS) is 20.7. The molecule has 3 aliphatic heterocycles. The molecule has 1 aromatic carbocycles. The summed E-state index contributed by atoms with van der Waals surface area (Å²) in [7, 11) is 0. The van der Waals surface area contributed by atoms with E-state index in [0.29, 0.717) is 18.3 Å². The van der Waals surface area contributed by atoms with Gasteiger partial charge in [0.25, 0.3) is 11.8 Å². The summed E-state index contributed by atoms with van der Waals surface area (Å²) in [4.78, 5) is 50.9. The molecule has 2 fully saturated rings. The van der Waals surface area contributed by atoms with Crippen molar-refractivity contribution in [1.29, 1.82) is 0 Å². The predicted molar refractivity (Wildman–Crippen MR) is 129 cm³/mol. The fourth-order valence-corrected chi connectivity index (χ4v) is 5.28. The highest BCUT2D eigenvalue weighted by atomic mass is 79.9. The van der Waals surface area contributed by atoms with E-state index >= 15 is 0 Å². The lowest BCUT2D eigenvalue weighted by atomic mass is 10.0. The molecule has 1 aromatic heterocycles. The molecule has 0 saturated carbocycles. The zero-order valence-corrected chi connectivity index (χ0v) is 20.6. The van der Waals surface area contributed by atoms with Gasteiger partial charge in [-0.25, -0.2) is 0 Å². The third-order valence-corrected chi connectivity index (χ3v) is 7.27. The number of hydrogen-bond acceptors (Lipinski definition) is 7. The van der Waals surface area contributed by atoms with Crippen LogP contribution in [0.15, 0.2) is 29.0 Å². The van der Waals surface area contributed by atoms with Crippen LogP contribution >= 0.6 is 28.3 Å². The van der Waals surface area contributed by atoms with Crippen LogP contribution < -0.4 is 16.0 Å². The van der Waals surface area contributed by atoms with Gasteiger partial charge in [0.05, 0.1) is 23.4 Å². The van der Waals surface area contributed by atoms with Gasteiger partial charge < -0.3 is 10.6 Å². The second-order valence-electron chi connectivity index (χ2n) is 8.42. The maximum Gasteiger partial charge on any atom is 0.264 e. The number of aromatic nitrogens is 2. The van der Waals surface area contributed by atoms with Gasteiger partial charge in [-0.3, -0.25) is 34.1 Å². The Bertz CT molecular complexity index is 1160. The van der Waals surface area contributed by atoms with Crippen LogP contribution in [-0.2, 0) is 16.1 Å². The Morgan fingerprint density at radius 2 is 1.85 bits per heavy atom. The number of nitrogens with one attached hydrogen (secondary N) is 3. The van der Waals surface area contributed by atoms with Crippen LogP contribution in [-0.4, -0.2) is 57.4 Å². The summed E-state index contributed by atoms with van der Waals surface area (Å²) in [6.07, 6.45) is 4.02. The smallest absolute Gasteiger partial charge is 0.264 e. The third-order valence-electron chi connectivity index (χ3n) is 6.40. The van der Waals surface area contributed by atoms with Crippen molar-refractivity contribution >= 4 is 57.7 Å². The fourth-order valence-electron chi connectivity index (χ4n) is 4.66. The molecule has 180 valence electrons. The first-order valence-corrected chi connectivity index (χ1v) is 11.8. The van der Waals surface area contributed by atoms with Gasteiger partial charge in [0.2, 0.25) is 11.8 Å². The molecule has 3 aliphatic rings.